The van der Waals surface area contributed by atoms with Gasteiger partial charge in [0.2, 0.25) is 0 Å². The van der Waals surface area contributed by atoms with Gasteiger partial charge in [-0.05, 0) is 26.8 Å². The predicted molar refractivity (Wildman–Crippen MR) is 56.4 cm³/mol. The summed E-state index contributed by atoms with van der Waals surface area (Å²) in [4.78, 5) is 13.0. The molecule has 0 aliphatic heterocycles. The van der Waals surface area contributed by atoms with Gasteiger partial charge in [0.15, 0.2) is 5.78 Å². The molecule has 0 heterocycles. The lowest BCUT2D eigenvalue weighted by atomic mass is 10.2. The second-order valence-corrected chi connectivity index (χ2v) is 4.17. The molecule has 0 aromatic carbocycles. The summed E-state index contributed by atoms with van der Waals surface area (Å²) in [5, 5.41) is 0. The first-order valence-electron chi connectivity index (χ1n) is 5.47. The highest BCUT2D eigenvalue weighted by atomic mass is 16.5. The van der Waals surface area contributed by atoms with Gasteiger partial charge in [0.05, 0.1) is 6.61 Å². The fourth-order valence-electron chi connectivity index (χ4n) is 1.95. The van der Waals surface area contributed by atoms with Crippen molar-refractivity contribution in [3.8, 4) is 0 Å². The van der Waals surface area contributed by atoms with E-state index in [2.05, 4.69) is 11.9 Å². The van der Waals surface area contributed by atoms with E-state index in [1.807, 2.05) is 0 Å². The Kier molecular flexibility index (Phi) is 5.12. The Morgan fingerprint density at radius 3 is 2.64 bits per heavy atom. The molecule has 3 nitrogen and oxygen atoms in total. The molecule has 1 fully saturated rings. The molecule has 0 N–H and O–H groups in total. The van der Waals surface area contributed by atoms with E-state index in [4.69, 9.17) is 4.74 Å². The minimum absolute atomic E-state index is 0.105. The van der Waals surface area contributed by atoms with Gasteiger partial charge in [-0.2, -0.15) is 0 Å². The largest absolute Gasteiger partial charge is 0.372 e. The van der Waals surface area contributed by atoms with Crippen molar-refractivity contribution in [2.75, 3.05) is 26.8 Å². The molecular weight excluding hydrogens is 178 g/mol. The van der Waals surface area contributed by atoms with Gasteiger partial charge in [0.1, 0.15) is 6.61 Å². The average Bonchev–Trinajstić information content (AvgIpc) is 2.64. The van der Waals surface area contributed by atoms with Crippen LogP contribution in [0.4, 0.5) is 0 Å². The highest BCUT2D eigenvalue weighted by molar-refractivity contribution is 5.76. The third-order valence-corrected chi connectivity index (χ3v) is 2.84. The number of ether oxygens (including phenoxy) is 1. The molecule has 82 valence electrons. The van der Waals surface area contributed by atoms with E-state index < -0.39 is 0 Å². The van der Waals surface area contributed by atoms with Crippen molar-refractivity contribution < 1.29 is 9.53 Å². The average molecular weight is 199 g/mol. The Bertz CT molecular complexity index is 176. The van der Waals surface area contributed by atoms with Gasteiger partial charge in [-0.15, -0.1) is 0 Å². The molecular formula is C11H21NO2. The molecule has 1 rings (SSSR count). The van der Waals surface area contributed by atoms with Crippen molar-refractivity contribution in [3.63, 3.8) is 0 Å². The quantitative estimate of drug-likeness (QED) is 0.607. The number of rotatable bonds is 6. The molecule has 0 saturated heterocycles. The third kappa shape index (κ3) is 4.20. The van der Waals surface area contributed by atoms with Crippen LogP contribution in [0.5, 0.6) is 0 Å². The van der Waals surface area contributed by atoms with Crippen LogP contribution in [0.3, 0.4) is 0 Å². The molecule has 1 saturated carbocycles. The zero-order valence-corrected chi connectivity index (χ0v) is 9.29. The number of likely N-dealkylation sites (N-methyl/N-ethyl adjacent to an activating group) is 1. The Balaban J connectivity index is 2.02. The van der Waals surface area contributed by atoms with Gasteiger partial charge >= 0.3 is 0 Å². The maximum atomic E-state index is 10.6. The van der Waals surface area contributed by atoms with Gasteiger partial charge < -0.3 is 9.64 Å². The van der Waals surface area contributed by atoms with Gasteiger partial charge in [-0.3, -0.25) is 4.79 Å². The summed E-state index contributed by atoms with van der Waals surface area (Å²) < 4.78 is 5.23. The van der Waals surface area contributed by atoms with Gasteiger partial charge in [-0.25, -0.2) is 0 Å². The molecule has 0 amide bonds. The lowest BCUT2D eigenvalue weighted by molar-refractivity contribution is -0.121. The van der Waals surface area contributed by atoms with E-state index in [-0.39, 0.29) is 12.4 Å². The number of hydrogen-bond acceptors (Lipinski definition) is 3. The standard InChI is InChI=1S/C11H21NO2/c1-10(13)9-14-8-7-12(2)11-5-3-4-6-11/h11H,3-9H2,1-2H3. The smallest absolute Gasteiger partial charge is 0.155 e. The first kappa shape index (κ1) is 11.7. The van der Waals surface area contributed by atoms with Crippen LogP contribution in [0, 0.1) is 0 Å². The molecule has 0 unspecified atom stereocenters. The van der Waals surface area contributed by atoms with E-state index in [1.165, 1.54) is 25.7 Å². The van der Waals surface area contributed by atoms with Crippen molar-refractivity contribution in [3.05, 3.63) is 0 Å². The van der Waals surface area contributed by atoms with Crippen LogP contribution in [0.2, 0.25) is 0 Å². The highest BCUT2D eigenvalue weighted by Gasteiger charge is 2.18. The second-order valence-electron chi connectivity index (χ2n) is 4.17. The minimum Gasteiger partial charge on any atom is -0.372 e. The zero-order valence-electron chi connectivity index (χ0n) is 9.29. The molecule has 1 aliphatic rings. The van der Waals surface area contributed by atoms with Crippen LogP contribution >= 0.6 is 0 Å². The first-order valence-corrected chi connectivity index (χ1v) is 5.47. The predicted octanol–water partition coefficient (Wildman–Crippen LogP) is 1.47. The number of hydrogen-bond donors (Lipinski definition) is 0. The van der Waals surface area contributed by atoms with E-state index in [1.54, 1.807) is 6.92 Å². The van der Waals surface area contributed by atoms with Crippen molar-refractivity contribution in [1.29, 1.82) is 0 Å². The normalized spacial score (nSPS) is 17.9. The lowest BCUT2D eigenvalue weighted by Crippen LogP contribution is -2.32. The van der Waals surface area contributed by atoms with Crippen molar-refractivity contribution in [2.45, 2.75) is 38.6 Å². The van der Waals surface area contributed by atoms with E-state index in [0.29, 0.717) is 6.61 Å². The van der Waals surface area contributed by atoms with E-state index in [9.17, 15) is 4.79 Å². The van der Waals surface area contributed by atoms with Crippen LogP contribution in [-0.2, 0) is 9.53 Å². The molecule has 0 aromatic heterocycles. The Hall–Kier alpha value is -0.410. The van der Waals surface area contributed by atoms with Crippen LogP contribution in [-0.4, -0.2) is 43.5 Å². The van der Waals surface area contributed by atoms with Crippen molar-refractivity contribution in [2.24, 2.45) is 0 Å². The second kappa shape index (κ2) is 6.14. The van der Waals surface area contributed by atoms with Crippen LogP contribution < -0.4 is 0 Å². The molecule has 0 bridgehead atoms. The first-order chi connectivity index (χ1) is 6.70. The molecule has 14 heavy (non-hydrogen) atoms. The number of ketones is 1. The molecule has 0 spiro atoms. The summed E-state index contributed by atoms with van der Waals surface area (Å²) in [5.41, 5.74) is 0. The fraction of sp³-hybridized carbons (Fsp3) is 0.909. The zero-order chi connectivity index (χ0) is 10.4. The third-order valence-electron chi connectivity index (χ3n) is 2.84. The number of carbonyl (C=O) groups excluding carboxylic acids is 1. The summed E-state index contributed by atoms with van der Waals surface area (Å²) in [5.74, 6) is 0.105. The van der Waals surface area contributed by atoms with Crippen LogP contribution in [0.25, 0.3) is 0 Å². The summed E-state index contributed by atoms with van der Waals surface area (Å²) in [6, 6.07) is 0.746. The lowest BCUT2D eigenvalue weighted by Gasteiger charge is -2.23. The van der Waals surface area contributed by atoms with Crippen molar-refractivity contribution in [1.82, 2.24) is 4.90 Å². The SMILES string of the molecule is CC(=O)COCCN(C)C1CCCC1. The van der Waals surface area contributed by atoms with Crippen molar-refractivity contribution >= 4 is 5.78 Å². The molecule has 0 radical (unpaired) electrons. The maximum Gasteiger partial charge on any atom is 0.155 e. The summed E-state index contributed by atoms with van der Waals surface area (Å²) >= 11 is 0. The Labute approximate surface area is 86.4 Å². The molecule has 0 atom stereocenters. The molecule has 1 aliphatic carbocycles. The van der Waals surface area contributed by atoms with Gasteiger partial charge in [-0.1, -0.05) is 12.8 Å². The Morgan fingerprint density at radius 1 is 1.43 bits per heavy atom. The number of nitrogens with zero attached hydrogens (tertiary/aromatic N) is 1. The fourth-order valence-corrected chi connectivity index (χ4v) is 1.95. The minimum atomic E-state index is 0.105. The topological polar surface area (TPSA) is 29.5 Å². The van der Waals surface area contributed by atoms with Crippen LogP contribution in [0.1, 0.15) is 32.6 Å². The number of carbonyl (C=O) groups is 1. The maximum absolute atomic E-state index is 10.6. The van der Waals surface area contributed by atoms with E-state index >= 15 is 0 Å². The summed E-state index contributed by atoms with van der Waals surface area (Å²) in [6.07, 6.45) is 5.37. The molecule has 0 aromatic rings. The highest BCUT2D eigenvalue weighted by Crippen LogP contribution is 2.21. The summed E-state index contributed by atoms with van der Waals surface area (Å²) in [7, 11) is 2.15. The van der Waals surface area contributed by atoms with Gasteiger partial charge in [0.25, 0.3) is 0 Å². The monoisotopic (exact) mass is 199 g/mol. The molecule has 3 heteroatoms. The summed E-state index contributed by atoms with van der Waals surface area (Å²) in [6.45, 7) is 3.43. The van der Waals surface area contributed by atoms with E-state index in [0.717, 1.165) is 12.6 Å². The van der Waals surface area contributed by atoms with Gasteiger partial charge in [0, 0.05) is 12.6 Å². The Morgan fingerprint density at radius 2 is 2.07 bits per heavy atom. The van der Waals surface area contributed by atoms with Crippen LogP contribution in [0.15, 0.2) is 0 Å². The number of Topliss-reactive ketones (excluding diaryl/α,β-unsaturated/α-hetero) is 1.